The smallest absolute Gasteiger partial charge is 0.228 e. The Hall–Kier alpha value is -2.90. The molecule has 2 aromatic heterocycles. The molecule has 1 amide bonds. The number of benzene rings is 1. The maximum Gasteiger partial charge on any atom is 0.228 e. The molecule has 0 atom stereocenters. The highest BCUT2D eigenvalue weighted by molar-refractivity contribution is 5.95. The van der Waals surface area contributed by atoms with Crippen LogP contribution in [0.4, 0.5) is 5.82 Å². The van der Waals surface area contributed by atoms with E-state index in [0.29, 0.717) is 11.9 Å². The first-order valence-electron chi connectivity index (χ1n) is 11.6. The van der Waals surface area contributed by atoms with Crippen LogP contribution in [0.1, 0.15) is 25.7 Å². The van der Waals surface area contributed by atoms with E-state index in [9.17, 15) is 4.79 Å². The van der Waals surface area contributed by atoms with Gasteiger partial charge in [0.1, 0.15) is 5.82 Å². The lowest BCUT2D eigenvalue weighted by Gasteiger charge is -2.40. The Kier molecular flexibility index (Phi) is 6.10. The van der Waals surface area contributed by atoms with Crippen molar-refractivity contribution in [3.63, 3.8) is 0 Å². The molecule has 1 saturated carbocycles. The minimum Gasteiger partial charge on any atom is -0.310 e. The minimum absolute atomic E-state index is 0.0714. The van der Waals surface area contributed by atoms with Crippen molar-refractivity contribution in [2.24, 2.45) is 5.92 Å². The molecule has 2 fully saturated rings. The number of anilines is 1. The molecule has 1 N–H and O–H groups in total. The van der Waals surface area contributed by atoms with Gasteiger partial charge in [-0.2, -0.15) is 10.2 Å². The quantitative estimate of drug-likeness (QED) is 0.684. The SMILES string of the molecule is CN1CCN([C@H]2CC[C@H](C(=O)Nc3cc4cc(-c5cccnn5)ccc4cn3)CC2)CC1. The number of hydrogen-bond donors (Lipinski definition) is 1. The molecule has 3 heterocycles. The summed E-state index contributed by atoms with van der Waals surface area (Å²) in [6.45, 7) is 4.59. The van der Waals surface area contributed by atoms with E-state index in [4.69, 9.17) is 0 Å². The van der Waals surface area contributed by atoms with Crippen LogP contribution in [-0.4, -0.2) is 70.2 Å². The van der Waals surface area contributed by atoms with Crippen LogP contribution in [0.2, 0.25) is 0 Å². The molecule has 0 bridgehead atoms. The number of piperazine rings is 1. The van der Waals surface area contributed by atoms with Crippen molar-refractivity contribution in [2.45, 2.75) is 31.7 Å². The number of pyridine rings is 1. The summed E-state index contributed by atoms with van der Waals surface area (Å²) in [5, 5.41) is 13.3. The molecular weight excluding hydrogens is 400 g/mol. The lowest BCUT2D eigenvalue weighted by atomic mass is 9.84. The van der Waals surface area contributed by atoms with Gasteiger partial charge in [0.15, 0.2) is 0 Å². The van der Waals surface area contributed by atoms with Gasteiger partial charge >= 0.3 is 0 Å². The summed E-state index contributed by atoms with van der Waals surface area (Å²) in [7, 11) is 2.19. The first-order chi connectivity index (χ1) is 15.7. The Balaban J connectivity index is 1.22. The summed E-state index contributed by atoms with van der Waals surface area (Å²) in [6, 6.07) is 12.5. The van der Waals surface area contributed by atoms with Gasteiger partial charge in [0, 0.05) is 61.5 Å². The molecule has 7 nitrogen and oxygen atoms in total. The monoisotopic (exact) mass is 430 g/mol. The van der Waals surface area contributed by atoms with Crippen LogP contribution in [-0.2, 0) is 4.79 Å². The lowest BCUT2D eigenvalue weighted by Crippen LogP contribution is -2.50. The van der Waals surface area contributed by atoms with Gasteiger partial charge in [-0.25, -0.2) is 4.98 Å². The zero-order chi connectivity index (χ0) is 21.9. The normalized spacial score (nSPS) is 22.7. The molecular formula is C25H30N6O. The van der Waals surface area contributed by atoms with Crippen molar-refractivity contribution in [3.05, 3.63) is 48.8 Å². The Bertz CT molecular complexity index is 1070. The van der Waals surface area contributed by atoms with E-state index in [1.807, 2.05) is 36.5 Å². The van der Waals surface area contributed by atoms with E-state index >= 15 is 0 Å². The second kappa shape index (κ2) is 9.30. The molecule has 3 aromatic rings. The summed E-state index contributed by atoms with van der Waals surface area (Å²) in [6.07, 6.45) is 7.60. The fourth-order valence-electron chi connectivity index (χ4n) is 4.94. The maximum atomic E-state index is 12.9. The second-order valence-electron chi connectivity index (χ2n) is 9.07. The number of nitrogens with zero attached hydrogens (tertiary/aromatic N) is 5. The molecule has 1 aliphatic heterocycles. The average molecular weight is 431 g/mol. The molecule has 32 heavy (non-hydrogen) atoms. The van der Waals surface area contributed by atoms with Gasteiger partial charge in [-0.15, -0.1) is 0 Å². The Morgan fingerprint density at radius 3 is 2.56 bits per heavy atom. The van der Waals surface area contributed by atoms with Gasteiger partial charge in [0.2, 0.25) is 5.91 Å². The topological polar surface area (TPSA) is 74.2 Å². The molecule has 7 heteroatoms. The van der Waals surface area contributed by atoms with E-state index in [0.717, 1.165) is 73.9 Å². The van der Waals surface area contributed by atoms with Gasteiger partial charge in [-0.3, -0.25) is 9.69 Å². The van der Waals surface area contributed by atoms with Crippen LogP contribution in [0.5, 0.6) is 0 Å². The molecule has 1 aromatic carbocycles. The maximum absolute atomic E-state index is 12.9. The zero-order valence-electron chi connectivity index (χ0n) is 18.6. The van der Waals surface area contributed by atoms with Crippen molar-refractivity contribution in [2.75, 3.05) is 38.5 Å². The summed E-state index contributed by atoms with van der Waals surface area (Å²) < 4.78 is 0. The summed E-state index contributed by atoms with van der Waals surface area (Å²) >= 11 is 0. The highest BCUT2D eigenvalue weighted by Crippen LogP contribution is 2.30. The van der Waals surface area contributed by atoms with Gasteiger partial charge < -0.3 is 10.2 Å². The number of hydrogen-bond acceptors (Lipinski definition) is 6. The van der Waals surface area contributed by atoms with E-state index in [2.05, 4.69) is 43.4 Å². The number of aromatic nitrogens is 3. The van der Waals surface area contributed by atoms with Gasteiger partial charge in [0.05, 0.1) is 5.69 Å². The predicted octanol–water partition coefficient (Wildman–Crippen LogP) is 3.44. The minimum atomic E-state index is 0.0714. The van der Waals surface area contributed by atoms with Crippen molar-refractivity contribution in [1.29, 1.82) is 0 Å². The van der Waals surface area contributed by atoms with Crippen LogP contribution < -0.4 is 5.32 Å². The molecule has 0 spiro atoms. The number of rotatable bonds is 4. The Labute approximate surface area is 188 Å². The van der Waals surface area contributed by atoms with E-state index < -0.39 is 0 Å². The molecule has 1 aliphatic carbocycles. The van der Waals surface area contributed by atoms with Crippen LogP contribution in [0.15, 0.2) is 48.8 Å². The fourth-order valence-corrected chi connectivity index (χ4v) is 4.94. The van der Waals surface area contributed by atoms with E-state index in [1.165, 1.54) is 0 Å². The van der Waals surface area contributed by atoms with Crippen LogP contribution in [0, 0.1) is 5.92 Å². The van der Waals surface area contributed by atoms with Gasteiger partial charge in [-0.05, 0) is 62.4 Å². The zero-order valence-corrected chi connectivity index (χ0v) is 18.6. The number of amides is 1. The van der Waals surface area contributed by atoms with Crippen LogP contribution >= 0.6 is 0 Å². The fraction of sp³-hybridized carbons (Fsp3) is 0.440. The van der Waals surface area contributed by atoms with E-state index in [-0.39, 0.29) is 11.8 Å². The van der Waals surface area contributed by atoms with Gasteiger partial charge in [-0.1, -0.05) is 12.1 Å². The standard InChI is InChI=1S/C25H30N6O/c1-30-11-13-31(14-12-30)22-8-6-18(7-9-22)25(32)28-24-16-21-15-19(4-5-20(21)17-26-24)23-3-2-10-27-29-23/h2-5,10,15-18,22H,6-9,11-14H2,1H3,(H,26,28,32)/t18-,22-. The first kappa shape index (κ1) is 21.0. The third-order valence-corrected chi connectivity index (χ3v) is 6.96. The number of nitrogens with one attached hydrogen (secondary N) is 1. The highest BCUT2D eigenvalue weighted by atomic mass is 16.1. The van der Waals surface area contributed by atoms with Crippen LogP contribution in [0.25, 0.3) is 22.0 Å². The first-order valence-corrected chi connectivity index (χ1v) is 11.6. The Morgan fingerprint density at radius 2 is 1.81 bits per heavy atom. The number of likely N-dealkylation sites (N-methyl/N-ethyl adjacent to an activating group) is 1. The lowest BCUT2D eigenvalue weighted by molar-refractivity contribution is -0.121. The summed E-state index contributed by atoms with van der Waals surface area (Å²) in [4.78, 5) is 22.4. The molecule has 5 rings (SSSR count). The van der Waals surface area contributed by atoms with E-state index in [1.54, 1.807) is 6.20 Å². The van der Waals surface area contributed by atoms with Gasteiger partial charge in [0.25, 0.3) is 0 Å². The van der Waals surface area contributed by atoms with Crippen molar-refractivity contribution in [3.8, 4) is 11.3 Å². The third-order valence-electron chi connectivity index (χ3n) is 6.96. The molecule has 0 unspecified atom stereocenters. The summed E-state index contributed by atoms with van der Waals surface area (Å²) in [5.74, 6) is 0.779. The number of carbonyl (C=O) groups excluding carboxylic acids is 1. The molecule has 0 radical (unpaired) electrons. The largest absolute Gasteiger partial charge is 0.310 e. The van der Waals surface area contributed by atoms with Crippen molar-refractivity contribution in [1.82, 2.24) is 25.0 Å². The predicted molar refractivity (Wildman–Crippen MR) is 126 cm³/mol. The third kappa shape index (κ3) is 4.64. The van der Waals surface area contributed by atoms with Crippen LogP contribution in [0.3, 0.4) is 0 Å². The molecule has 166 valence electrons. The number of fused-ring (bicyclic) bond motifs is 1. The molecule has 2 aliphatic rings. The second-order valence-corrected chi connectivity index (χ2v) is 9.07. The number of carbonyl (C=O) groups is 1. The van der Waals surface area contributed by atoms with Crippen molar-refractivity contribution < 1.29 is 4.79 Å². The summed E-state index contributed by atoms with van der Waals surface area (Å²) in [5.41, 5.74) is 1.82. The highest BCUT2D eigenvalue weighted by Gasteiger charge is 2.30. The van der Waals surface area contributed by atoms with Crippen molar-refractivity contribution >= 4 is 22.5 Å². The Morgan fingerprint density at radius 1 is 1.00 bits per heavy atom. The average Bonchev–Trinajstić information content (AvgIpc) is 2.85. The molecule has 1 saturated heterocycles.